The van der Waals surface area contributed by atoms with Crippen molar-refractivity contribution in [2.75, 3.05) is 40.9 Å². The minimum atomic E-state index is -0.323. The van der Waals surface area contributed by atoms with Gasteiger partial charge in [-0.3, -0.25) is 9.59 Å². The van der Waals surface area contributed by atoms with Crippen LogP contribution in [0.25, 0.3) is 0 Å². The maximum Gasteiger partial charge on any atom is 0.269 e. The zero-order valence-electron chi connectivity index (χ0n) is 19.0. The van der Waals surface area contributed by atoms with Gasteiger partial charge in [-0.15, -0.1) is 0 Å². The van der Waals surface area contributed by atoms with E-state index < -0.39 is 0 Å². The van der Waals surface area contributed by atoms with Crippen molar-refractivity contribution in [3.05, 3.63) is 65.0 Å². The predicted molar refractivity (Wildman–Crippen MR) is 122 cm³/mol. The molecule has 0 bridgehead atoms. The van der Waals surface area contributed by atoms with Crippen LogP contribution in [0.1, 0.15) is 44.9 Å². The first-order valence-electron chi connectivity index (χ1n) is 10.9. The molecule has 1 fully saturated rings. The van der Waals surface area contributed by atoms with Crippen LogP contribution in [-0.2, 0) is 15.9 Å². The van der Waals surface area contributed by atoms with E-state index in [0.29, 0.717) is 43.9 Å². The average molecular weight is 441 g/mol. The molecule has 0 spiro atoms. The van der Waals surface area contributed by atoms with Crippen LogP contribution < -0.4 is 10.6 Å². The second kappa shape index (κ2) is 11.7. The molecule has 1 aliphatic rings. The maximum atomic E-state index is 12.7. The van der Waals surface area contributed by atoms with Crippen LogP contribution in [-0.4, -0.2) is 74.9 Å². The van der Waals surface area contributed by atoms with Crippen molar-refractivity contribution >= 4 is 11.8 Å². The van der Waals surface area contributed by atoms with Crippen molar-refractivity contribution in [1.82, 2.24) is 20.5 Å². The van der Waals surface area contributed by atoms with Gasteiger partial charge in [-0.25, -0.2) is 4.98 Å². The van der Waals surface area contributed by atoms with Gasteiger partial charge in [0.25, 0.3) is 11.8 Å². The molecule has 2 N–H and O–H groups in total. The lowest BCUT2D eigenvalue weighted by Gasteiger charge is -2.33. The molecule has 32 heavy (non-hydrogen) atoms. The number of amides is 2. The minimum absolute atomic E-state index is 0.227. The Bertz CT molecular complexity index is 896. The first-order chi connectivity index (χ1) is 15.5. The number of hydrogen-bond donors (Lipinski definition) is 2. The van der Waals surface area contributed by atoms with E-state index in [4.69, 9.17) is 9.47 Å². The molecule has 0 atom stereocenters. The number of carbonyl (C=O) groups excluding carboxylic acids is 2. The topological polar surface area (TPSA) is 92.8 Å². The second-order valence-electron chi connectivity index (χ2n) is 8.09. The lowest BCUT2D eigenvalue weighted by molar-refractivity contribution is -0.203. The molecule has 172 valence electrons. The summed E-state index contributed by atoms with van der Waals surface area (Å²) in [5, 5.41) is 5.50. The quantitative estimate of drug-likeness (QED) is 0.578. The highest BCUT2D eigenvalue weighted by Gasteiger charge is 2.23. The van der Waals surface area contributed by atoms with Crippen LogP contribution >= 0.6 is 0 Å². The molecule has 0 radical (unpaired) electrons. The molecule has 0 aliphatic carbocycles. The highest BCUT2D eigenvalue weighted by molar-refractivity contribution is 5.98. The number of hydrogen-bond acceptors (Lipinski definition) is 6. The van der Waals surface area contributed by atoms with Gasteiger partial charge in [0.05, 0.1) is 19.3 Å². The Labute approximate surface area is 189 Å². The van der Waals surface area contributed by atoms with Gasteiger partial charge in [-0.05, 0) is 38.2 Å². The van der Waals surface area contributed by atoms with E-state index >= 15 is 0 Å². The highest BCUT2D eigenvalue weighted by Crippen LogP contribution is 2.14. The molecule has 2 aromatic rings. The number of pyridine rings is 1. The molecule has 8 nitrogen and oxygen atoms in total. The van der Waals surface area contributed by atoms with E-state index in [1.807, 2.05) is 44.4 Å². The Morgan fingerprint density at radius 1 is 1.09 bits per heavy atom. The van der Waals surface area contributed by atoms with Gasteiger partial charge in [-0.2, -0.15) is 0 Å². The Morgan fingerprint density at radius 3 is 2.47 bits per heavy atom. The molecule has 2 amide bonds. The van der Waals surface area contributed by atoms with Gasteiger partial charge in [0.2, 0.25) is 0 Å². The van der Waals surface area contributed by atoms with Crippen molar-refractivity contribution in [3.63, 3.8) is 0 Å². The molecular formula is C24H32N4O4. The maximum absolute atomic E-state index is 12.7. The van der Waals surface area contributed by atoms with Crippen molar-refractivity contribution < 1.29 is 19.1 Å². The zero-order valence-corrected chi connectivity index (χ0v) is 19.0. The van der Waals surface area contributed by atoms with Gasteiger partial charge in [0.1, 0.15) is 5.69 Å². The van der Waals surface area contributed by atoms with E-state index in [1.54, 1.807) is 13.1 Å². The number of nitrogens with one attached hydrogen (secondary N) is 2. The van der Waals surface area contributed by atoms with Crippen LogP contribution in [0.2, 0.25) is 0 Å². The molecule has 8 heteroatoms. The van der Waals surface area contributed by atoms with Gasteiger partial charge in [0.15, 0.2) is 6.29 Å². The summed E-state index contributed by atoms with van der Waals surface area (Å²) < 4.78 is 11.5. The fourth-order valence-corrected chi connectivity index (χ4v) is 3.43. The number of nitrogens with zero attached hydrogens (tertiary/aromatic N) is 2. The van der Waals surface area contributed by atoms with Crippen molar-refractivity contribution in [3.8, 4) is 0 Å². The van der Waals surface area contributed by atoms with Crippen LogP contribution in [0.3, 0.4) is 0 Å². The number of aromatic nitrogens is 1. The fraction of sp³-hybridized carbons (Fsp3) is 0.458. The monoisotopic (exact) mass is 440 g/mol. The number of rotatable bonds is 9. The van der Waals surface area contributed by atoms with Gasteiger partial charge < -0.3 is 25.0 Å². The van der Waals surface area contributed by atoms with Crippen molar-refractivity contribution in [1.29, 1.82) is 0 Å². The molecule has 1 aliphatic heterocycles. The van der Waals surface area contributed by atoms with E-state index in [1.165, 1.54) is 6.07 Å². The molecular weight excluding hydrogens is 408 g/mol. The lowest BCUT2D eigenvalue weighted by Crippen LogP contribution is -2.44. The van der Waals surface area contributed by atoms with Gasteiger partial charge in [-0.1, -0.05) is 30.3 Å². The molecule has 0 unspecified atom stereocenters. The summed E-state index contributed by atoms with van der Waals surface area (Å²) in [6, 6.07) is 13.4. The largest absolute Gasteiger partial charge is 0.354 e. The van der Waals surface area contributed by atoms with Crippen LogP contribution in [0.15, 0.2) is 42.5 Å². The summed E-state index contributed by atoms with van der Waals surface area (Å²) in [4.78, 5) is 31.4. The standard InChI is InChI=1S/C24H32N4O4/c1-25-24(30)21-14-18(13-19(27-21)12-17-8-5-4-6-9-17)23(29)26-11-7-10-22-31-15-20(16-32-22)28(2)3/h4-6,8-9,13-14,20,22H,7,10-12,15-16H2,1-3H3,(H,25,30)(H,26,29)/t20-,22-. The fourth-order valence-electron chi connectivity index (χ4n) is 3.43. The number of carbonyl (C=O) groups is 2. The molecule has 1 aromatic carbocycles. The van der Waals surface area contributed by atoms with Gasteiger partial charge in [0, 0.05) is 37.7 Å². The predicted octanol–water partition coefficient (Wildman–Crippen LogP) is 1.85. The van der Waals surface area contributed by atoms with Crippen molar-refractivity contribution in [2.24, 2.45) is 0 Å². The number of benzene rings is 1. The first kappa shape index (κ1) is 23.8. The summed E-state index contributed by atoms with van der Waals surface area (Å²) in [7, 11) is 5.56. The zero-order chi connectivity index (χ0) is 22.9. The van der Waals surface area contributed by atoms with E-state index in [-0.39, 0.29) is 29.8 Å². The Balaban J connectivity index is 1.55. The Morgan fingerprint density at radius 2 is 1.81 bits per heavy atom. The first-order valence-corrected chi connectivity index (χ1v) is 10.9. The molecule has 2 heterocycles. The minimum Gasteiger partial charge on any atom is -0.354 e. The lowest BCUT2D eigenvalue weighted by atomic mass is 10.1. The summed E-state index contributed by atoms with van der Waals surface area (Å²) >= 11 is 0. The normalized spacial score (nSPS) is 18.4. The molecule has 0 saturated carbocycles. The van der Waals surface area contributed by atoms with E-state index in [2.05, 4.69) is 20.5 Å². The van der Waals surface area contributed by atoms with E-state index in [9.17, 15) is 9.59 Å². The second-order valence-corrected chi connectivity index (χ2v) is 8.09. The average Bonchev–Trinajstić information content (AvgIpc) is 2.82. The van der Waals surface area contributed by atoms with Crippen molar-refractivity contribution in [2.45, 2.75) is 31.6 Å². The summed E-state index contributed by atoms with van der Waals surface area (Å²) in [6.45, 7) is 1.78. The third kappa shape index (κ3) is 6.85. The molecule has 1 saturated heterocycles. The highest BCUT2D eigenvalue weighted by atomic mass is 16.7. The summed E-state index contributed by atoms with van der Waals surface area (Å²) in [5.41, 5.74) is 2.38. The third-order valence-electron chi connectivity index (χ3n) is 5.41. The number of likely N-dealkylation sites (N-methyl/N-ethyl adjacent to an activating group) is 1. The summed E-state index contributed by atoms with van der Waals surface area (Å²) in [6.07, 6.45) is 1.74. The molecule has 1 aromatic heterocycles. The number of ether oxygens (including phenoxy) is 2. The Hall–Kier alpha value is -2.81. The van der Waals surface area contributed by atoms with Gasteiger partial charge >= 0.3 is 0 Å². The van der Waals surface area contributed by atoms with Crippen LogP contribution in [0, 0.1) is 0 Å². The Kier molecular flexibility index (Phi) is 8.72. The van der Waals surface area contributed by atoms with Crippen LogP contribution in [0.5, 0.6) is 0 Å². The third-order valence-corrected chi connectivity index (χ3v) is 5.41. The molecule has 3 rings (SSSR count). The summed E-state index contributed by atoms with van der Waals surface area (Å²) in [5.74, 6) is -0.554. The van der Waals surface area contributed by atoms with E-state index in [0.717, 1.165) is 12.0 Å². The van der Waals surface area contributed by atoms with Crippen LogP contribution in [0.4, 0.5) is 0 Å². The SMILES string of the molecule is CNC(=O)c1cc(C(=O)NCCC[C@H]2OC[C@H](N(C)C)CO2)cc(Cc2ccccc2)n1. The smallest absolute Gasteiger partial charge is 0.269 e.